The van der Waals surface area contributed by atoms with Crippen molar-refractivity contribution in [2.24, 2.45) is 0 Å². The number of carbonyl (C=O) groups excluding carboxylic acids is 1. The van der Waals surface area contributed by atoms with Crippen molar-refractivity contribution in [1.82, 2.24) is 5.32 Å². The van der Waals surface area contributed by atoms with Crippen LogP contribution in [0.3, 0.4) is 0 Å². The molecular weight excluding hydrogens is 474 g/mol. The number of nitrogens with one attached hydrogen (secondary N) is 1. The quantitative estimate of drug-likeness (QED) is 0.519. The highest BCUT2D eigenvalue weighted by Crippen LogP contribution is 2.44. The third-order valence-electron chi connectivity index (χ3n) is 5.94. The van der Waals surface area contributed by atoms with Gasteiger partial charge in [-0.2, -0.15) is 0 Å². The van der Waals surface area contributed by atoms with Crippen molar-refractivity contribution >= 4 is 28.0 Å². The van der Waals surface area contributed by atoms with E-state index in [0.717, 1.165) is 32.3 Å². The molecule has 0 bridgehead atoms. The van der Waals surface area contributed by atoms with Crippen molar-refractivity contribution in [3.8, 4) is 16.9 Å². The summed E-state index contributed by atoms with van der Waals surface area (Å²) in [7, 11) is 0. The fourth-order valence-corrected chi connectivity index (χ4v) is 5.07. The van der Waals surface area contributed by atoms with Gasteiger partial charge in [0.05, 0.1) is 6.61 Å². The first kappa shape index (κ1) is 20.6. The number of alkyl carbamates (subject to hydrolysis) is 1. The van der Waals surface area contributed by atoms with Gasteiger partial charge in [-0.1, -0.05) is 64.5 Å². The second-order valence-corrected chi connectivity index (χ2v) is 8.74. The summed E-state index contributed by atoms with van der Waals surface area (Å²) in [6.07, 6.45) is -0.0926. The number of halogens is 1. The number of rotatable bonds is 5. The van der Waals surface area contributed by atoms with Crippen LogP contribution in [-0.4, -0.2) is 30.4 Å². The second kappa shape index (κ2) is 8.31. The molecule has 32 heavy (non-hydrogen) atoms. The van der Waals surface area contributed by atoms with Gasteiger partial charge in [0, 0.05) is 22.4 Å². The zero-order chi connectivity index (χ0) is 22.2. The molecule has 1 amide bonds. The van der Waals surface area contributed by atoms with Crippen molar-refractivity contribution < 1.29 is 24.2 Å². The number of fused-ring (bicyclic) bond motifs is 4. The number of benzene rings is 3. The molecule has 0 aromatic heterocycles. The Labute approximate surface area is 193 Å². The molecule has 3 aromatic rings. The Balaban J connectivity index is 1.35. The molecule has 1 heterocycles. The van der Waals surface area contributed by atoms with Crippen molar-refractivity contribution in [2.45, 2.75) is 18.4 Å². The molecule has 0 spiro atoms. The molecule has 1 unspecified atom stereocenters. The van der Waals surface area contributed by atoms with Gasteiger partial charge in [0.15, 0.2) is 6.04 Å². The lowest BCUT2D eigenvalue weighted by atomic mass is 9.98. The van der Waals surface area contributed by atoms with Crippen LogP contribution in [0, 0.1) is 0 Å². The first-order valence-electron chi connectivity index (χ1n) is 10.3. The highest BCUT2D eigenvalue weighted by molar-refractivity contribution is 9.10. The van der Waals surface area contributed by atoms with Crippen LogP contribution in [0.25, 0.3) is 11.1 Å². The van der Waals surface area contributed by atoms with E-state index < -0.39 is 18.1 Å². The zero-order valence-electron chi connectivity index (χ0n) is 17.0. The molecule has 1 aliphatic heterocycles. The van der Waals surface area contributed by atoms with Gasteiger partial charge in [0.2, 0.25) is 0 Å². The SMILES string of the molecule is O=C(NC(C(=O)O)c1cc(Br)cc2c1OCC2)OCC1c2ccccc2-c2ccccc21. The summed E-state index contributed by atoms with van der Waals surface area (Å²) in [4.78, 5) is 24.6. The number of carbonyl (C=O) groups is 2. The van der Waals surface area contributed by atoms with Crippen molar-refractivity contribution in [3.05, 3.63) is 87.4 Å². The normalized spacial score (nSPS) is 14.7. The average Bonchev–Trinajstić information content (AvgIpc) is 3.38. The number of carboxylic acids is 1. The number of aliphatic carboxylic acids is 1. The lowest BCUT2D eigenvalue weighted by Crippen LogP contribution is -2.35. The Morgan fingerprint density at radius 1 is 1.09 bits per heavy atom. The maximum atomic E-state index is 12.6. The predicted octanol–water partition coefficient (Wildman–Crippen LogP) is 5.05. The van der Waals surface area contributed by atoms with E-state index in [0.29, 0.717) is 24.3 Å². The number of ether oxygens (including phenoxy) is 2. The molecule has 0 saturated heterocycles. The average molecular weight is 494 g/mol. The molecule has 7 heteroatoms. The molecular formula is C25H20BrNO5. The monoisotopic (exact) mass is 493 g/mol. The van der Waals surface area contributed by atoms with Crippen LogP contribution in [0.4, 0.5) is 4.79 Å². The van der Waals surface area contributed by atoms with E-state index in [2.05, 4.69) is 33.4 Å². The Bertz CT molecular complexity index is 1180. The summed E-state index contributed by atoms with van der Waals surface area (Å²) in [5.74, 6) is -0.774. The van der Waals surface area contributed by atoms with E-state index in [1.807, 2.05) is 42.5 Å². The molecule has 2 aliphatic rings. The molecule has 2 N–H and O–H groups in total. The fraction of sp³-hybridized carbons (Fsp3) is 0.200. The molecule has 1 aliphatic carbocycles. The van der Waals surface area contributed by atoms with Crippen LogP contribution >= 0.6 is 15.9 Å². The molecule has 6 nitrogen and oxygen atoms in total. The summed E-state index contributed by atoms with van der Waals surface area (Å²) < 4.78 is 11.9. The van der Waals surface area contributed by atoms with Crippen LogP contribution in [0.2, 0.25) is 0 Å². The minimum Gasteiger partial charge on any atom is -0.493 e. The highest BCUT2D eigenvalue weighted by atomic mass is 79.9. The molecule has 0 radical (unpaired) electrons. The smallest absolute Gasteiger partial charge is 0.408 e. The highest BCUT2D eigenvalue weighted by Gasteiger charge is 2.32. The van der Waals surface area contributed by atoms with Gasteiger partial charge < -0.3 is 19.9 Å². The van der Waals surface area contributed by atoms with E-state index in [-0.39, 0.29) is 12.5 Å². The Kier molecular flexibility index (Phi) is 5.35. The summed E-state index contributed by atoms with van der Waals surface area (Å²) in [6.45, 7) is 0.593. The van der Waals surface area contributed by atoms with Crippen molar-refractivity contribution in [2.75, 3.05) is 13.2 Å². The predicted molar refractivity (Wildman–Crippen MR) is 122 cm³/mol. The van der Waals surface area contributed by atoms with Gasteiger partial charge in [-0.3, -0.25) is 0 Å². The molecule has 162 valence electrons. The molecule has 0 fully saturated rings. The third-order valence-corrected chi connectivity index (χ3v) is 6.40. The molecule has 1 atom stereocenters. The van der Waals surface area contributed by atoms with Gasteiger partial charge in [-0.15, -0.1) is 0 Å². The van der Waals surface area contributed by atoms with Gasteiger partial charge in [0.1, 0.15) is 12.4 Å². The first-order chi connectivity index (χ1) is 15.5. The van der Waals surface area contributed by atoms with E-state index in [1.54, 1.807) is 6.07 Å². The Hall–Kier alpha value is -3.32. The number of hydrogen-bond acceptors (Lipinski definition) is 4. The maximum Gasteiger partial charge on any atom is 0.408 e. The number of amides is 1. The summed E-state index contributed by atoms with van der Waals surface area (Å²) in [5, 5.41) is 12.3. The maximum absolute atomic E-state index is 12.6. The third kappa shape index (κ3) is 3.62. The van der Waals surface area contributed by atoms with Gasteiger partial charge in [-0.25, -0.2) is 9.59 Å². The minimum absolute atomic E-state index is 0.102. The van der Waals surface area contributed by atoms with Crippen LogP contribution in [0.1, 0.15) is 34.2 Å². The lowest BCUT2D eigenvalue weighted by molar-refractivity contribution is -0.139. The van der Waals surface area contributed by atoms with Gasteiger partial charge in [0.25, 0.3) is 0 Å². The van der Waals surface area contributed by atoms with Crippen LogP contribution < -0.4 is 10.1 Å². The summed E-state index contributed by atoms with van der Waals surface area (Å²) in [5.41, 5.74) is 5.75. The van der Waals surface area contributed by atoms with E-state index >= 15 is 0 Å². The number of hydrogen-bond donors (Lipinski definition) is 2. The molecule has 3 aromatic carbocycles. The first-order valence-corrected chi connectivity index (χ1v) is 11.1. The van der Waals surface area contributed by atoms with Crippen LogP contribution in [0.15, 0.2) is 65.1 Å². The van der Waals surface area contributed by atoms with Crippen molar-refractivity contribution in [1.29, 1.82) is 0 Å². The summed E-state index contributed by atoms with van der Waals surface area (Å²) >= 11 is 3.41. The summed E-state index contributed by atoms with van der Waals surface area (Å²) in [6, 6.07) is 18.4. The van der Waals surface area contributed by atoms with Gasteiger partial charge in [-0.05, 0) is 39.9 Å². The second-order valence-electron chi connectivity index (χ2n) is 7.82. The topological polar surface area (TPSA) is 84.9 Å². The van der Waals surface area contributed by atoms with Crippen LogP contribution in [-0.2, 0) is 16.0 Å². The van der Waals surface area contributed by atoms with E-state index in [4.69, 9.17) is 9.47 Å². The Morgan fingerprint density at radius 3 is 2.41 bits per heavy atom. The molecule has 5 rings (SSSR count). The van der Waals surface area contributed by atoms with Crippen LogP contribution in [0.5, 0.6) is 5.75 Å². The fourth-order valence-electron chi connectivity index (χ4n) is 4.54. The van der Waals surface area contributed by atoms with Gasteiger partial charge >= 0.3 is 12.1 Å². The van der Waals surface area contributed by atoms with E-state index in [1.165, 1.54) is 0 Å². The largest absolute Gasteiger partial charge is 0.493 e. The van der Waals surface area contributed by atoms with Crippen molar-refractivity contribution in [3.63, 3.8) is 0 Å². The number of carboxylic acid groups (broad SMARTS) is 1. The molecule has 0 saturated carbocycles. The zero-order valence-corrected chi connectivity index (χ0v) is 18.6. The standard InChI is InChI=1S/C25H20BrNO5/c26-15-11-14-9-10-31-23(14)20(12-15)22(24(28)29)27-25(30)32-13-21-18-7-3-1-5-16(18)17-6-2-4-8-19(17)21/h1-8,11-12,21-22H,9-10,13H2,(H,27,30)(H,28,29). The Morgan fingerprint density at radius 2 is 1.75 bits per heavy atom. The van der Waals surface area contributed by atoms with E-state index in [9.17, 15) is 14.7 Å². The minimum atomic E-state index is -1.28. The lowest BCUT2D eigenvalue weighted by Gasteiger charge is -2.19.